The highest BCUT2D eigenvalue weighted by Crippen LogP contribution is 2.28. The van der Waals surface area contributed by atoms with Gasteiger partial charge in [-0.05, 0) is 78.7 Å². The zero-order valence-corrected chi connectivity index (χ0v) is 20.4. The van der Waals surface area contributed by atoms with Gasteiger partial charge in [-0.2, -0.15) is 5.10 Å². The number of amides is 2. The minimum atomic E-state index is -0.954. The summed E-state index contributed by atoms with van der Waals surface area (Å²) in [4.78, 5) is 36.4. The second kappa shape index (κ2) is 12.9. The molecule has 0 saturated carbocycles. The Kier molecular flexibility index (Phi) is 9.41. The van der Waals surface area contributed by atoms with Crippen LogP contribution in [-0.2, 0) is 9.59 Å². The van der Waals surface area contributed by atoms with E-state index in [0.717, 1.165) is 6.42 Å². The molecule has 0 saturated heterocycles. The molecule has 2 amide bonds. The molecule has 2 N–H and O–H groups in total. The molecule has 0 heterocycles. The molecule has 0 aromatic heterocycles. The fourth-order valence-corrected chi connectivity index (χ4v) is 2.98. The number of nitrogens with one attached hydrogen (secondary N) is 2. The van der Waals surface area contributed by atoms with Crippen molar-refractivity contribution in [1.82, 2.24) is 5.43 Å². The van der Waals surface area contributed by atoms with E-state index in [-0.39, 0.29) is 11.5 Å². The summed E-state index contributed by atoms with van der Waals surface area (Å²) in [6.45, 7) is 2.60. The molecule has 0 aliphatic rings. The summed E-state index contributed by atoms with van der Waals surface area (Å²) in [5.74, 6) is -1.25. The minimum absolute atomic E-state index is 0.206. The van der Waals surface area contributed by atoms with E-state index in [1.54, 1.807) is 60.7 Å². The van der Waals surface area contributed by atoms with Gasteiger partial charge in [-0.3, -0.25) is 9.59 Å². The number of esters is 1. The van der Waals surface area contributed by atoms with Crippen molar-refractivity contribution in [3.8, 4) is 17.2 Å². The van der Waals surface area contributed by atoms with Gasteiger partial charge in [0, 0.05) is 10.7 Å². The Hall–Kier alpha value is -4.37. The van der Waals surface area contributed by atoms with E-state index < -0.39 is 17.8 Å². The van der Waals surface area contributed by atoms with Crippen LogP contribution in [0.3, 0.4) is 0 Å². The third-order valence-electron chi connectivity index (χ3n) is 4.64. The lowest BCUT2D eigenvalue weighted by molar-refractivity contribution is -0.136. The number of ether oxygens (including phenoxy) is 3. The predicted molar refractivity (Wildman–Crippen MR) is 136 cm³/mol. The number of anilines is 1. The Bertz CT molecular complexity index is 1240. The Morgan fingerprint density at radius 2 is 1.67 bits per heavy atom. The van der Waals surface area contributed by atoms with Crippen LogP contribution in [0.15, 0.2) is 71.8 Å². The number of hydrogen-bond donors (Lipinski definition) is 2. The molecule has 0 radical (unpaired) electrons. The number of rotatable bonds is 9. The zero-order valence-electron chi connectivity index (χ0n) is 19.6. The number of carbonyl (C=O) groups excluding carboxylic acids is 3. The van der Waals surface area contributed by atoms with Crippen molar-refractivity contribution in [2.45, 2.75) is 13.3 Å². The van der Waals surface area contributed by atoms with Crippen LogP contribution in [0.2, 0.25) is 5.02 Å². The minimum Gasteiger partial charge on any atom is -0.494 e. The van der Waals surface area contributed by atoms with Gasteiger partial charge in [0.1, 0.15) is 5.75 Å². The Balaban J connectivity index is 1.57. The molecule has 186 valence electrons. The summed E-state index contributed by atoms with van der Waals surface area (Å²) < 4.78 is 16.3. The molecular weight excluding hydrogens is 486 g/mol. The molecule has 3 aromatic carbocycles. The summed E-state index contributed by atoms with van der Waals surface area (Å²) in [5, 5.41) is 6.71. The van der Waals surface area contributed by atoms with E-state index in [0.29, 0.717) is 34.2 Å². The molecule has 36 heavy (non-hydrogen) atoms. The first-order valence-corrected chi connectivity index (χ1v) is 11.3. The predicted octanol–water partition coefficient (Wildman–Crippen LogP) is 4.45. The number of nitrogens with zero attached hydrogens (tertiary/aromatic N) is 1. The van der Waals surface area contributed by atoms with Gasteiger partial charge in [-0.25, -0.2) is 10.2 Å². The third-order valence-corrected chi connectivity index (χ3v) is 4.89. The molecule has 9 nitrogen and oxygen atoms in total. The summed E-state index contributed by atoms with van der Waals surface area (Å²) >= 11 is 5.79. The maximum Gasteiger partial charge on any atom is 0.343 e. The molecule has 0 bridgehead atoms. The normalized spacial score (nSPS) is 10.5. The molecule has 0 fully saturated rings. The van der Waals surface area contributed by atoms with Gasteiger partial charge in [0.2, 0.25) is 0 Å². The molecule has 3 aromatic rings. The number of hydrazone groups is 1. The van der Waals surface area contributed by atoms with Gasteiger partial charge < -0.3 is 19.5 Å². The van der Waals surface area contributed by atoms with Gasteiger partial charge in [0.25, 0.3) is 0 Å². The van der Waals surface area contributed by atoms with Crippen LogP contribution in [0.25, 0.3) is 0 Å². The number of halogens is 1. The highest BCUT2D eigenvalue weighted by Gasteiger charge is 2.14. The molecular formula is C26H24ClN3O6. The number of benzene rings is 3. The van der Waals surface area contributed by atoms with Crippen LogP contribution in [0.1, 0.15) is 29.3 Å². The fraction of sp³-hybridized carbons (Fsp3) is 0.154. The van der Waals surface area contributed by atoms with Crippen LogP contribution in [0.5, 0.6) is 17.2 Å². The first-order valence-electron chi connectivity index (χ1n) is 10.9. The van der Waals surface area contributed by atoms with Crippen molar-refractivity contribution in [2.24, 2.45) is 5.10 Å². The van der Waals surface area contributed by atoms with Crippen LogP contribution < -0.4 is 25.0 Å². The van der Waals surface area contributed by atoms with Crippen molar-refractivity contribution in [2.75, 3.05) is 19.0 Å². The van der Waals surface area contributed by atoms with E-state index in [2.05, 4.69) is 15.8 Å². The van der Waals surface area contributed by atoms with Crippen molar-refractivity contribution < 1.29 is 28.6 Å². The summed E-state index contributed by atoms with van der Waals surface area (Å²) in [6.07, 6.45) is 2.20. The topological polar surface area (TPSA) is 115 Å². The Morgan fingerprint density at radius 1 is 0.944 bits per heavy atom. The van der Waals surface area contributed by atoms with Gasteiger partial charge in [-0.15, -0.1) is 0 Å². The summed E-state index contributed by atoms with van der Waals surface area (Å²) in [6, 6.07) is 17.6. The van der Waals surface area contributed by atoms with Crippen LogP contribution >= 0.6 is 11.6 Å². The largest absolute Gasteiger partial charge is 0.494 e. The van der Waals surface area contributed by atoms with E-state index >= 15 is 0 Å². The third kappa shape index (κ3) is 7.57. The molecule has 3 rings (SSSR count). The molecule has 0 unspecified atom stereocenters. The second-order valence-corrected chi connectivity index (χ2v) is 7.77. The quantitative estimate of drug-likeness (QED) is 0.145. The summed E-state index contributed by atoms with van der Waals surface area (Å²) in [5.41, 5.74) is 3.44. The van der Waals surface area contributed by atoms with Crippen LogP contribution in [0, 0.1) is 0 Å². The van der Waals surface area contributed by atoms with Crippen molar-refractivity contribution in [3.63, 3.8) is 0 Å². The molecule has 0 aliphatic carbocycles. The zero-order chi connectivity index (χ0) is 25.9. The van der Waals surface area contributed by atoms with E-state index in [1.165, 1.54) is 19.4 Å². The number of hydrogen-bond acceptors (Lipinski definition) is 7. The smallest absolute Gasteiger partial charge is 0.343 e. The molecule has 10 heteroatoms. The van der Waals surface area contributed by atoms with E-state index in [4.69, 9.17) is 25.8 Å². The Labute approximate surface area is 213 Å². The monoisotopic (exact) mass is 509 g/mol. The maximum atomic E-state index is 12.5. The highest BCUT2D eigenvalue weighted by molar-refractivity contribution is 6.39. The van der Waals surface area contributed by atoms with Crippen molar-refractivity contribution >= 4 is 41.3 Å². The standard InChI is InChI=1S/C26H24ClN3O6/c1-3-14-35-21-11-5-18(6-12-21)26(33)36-22-13-4-17(15-23(22)34-2)16-28-30-25(32)24(31)29-20-9-7-19(27)8-10-20/h4-13,15-16H,3,14H2,1-2H3,(H,29,31)(H,30,32)/b28-16-. The van der Waals surface area contributed by atoms with E-state index in [1.807, 2.05) is 6.92 Å². The van der Waals surface area contributed by atoms with E-state index in [9.17, 15) is 14.4 Å². The average molecular weight is 510 g/mol. The fourth-order valence-electron chi connectivity index (χ4n) is 2.85. The SMILES string of the molecule is CCCOc1ccc(C(=O)Oc2ccc(/C=N\NC(=O)C(=O)Nc3ccc(Cl)cc3)cc2OC)cc1. The van der Waals surface area contributed by atoms with Gasteiger partial charge in [0.05, 0.1) is 25.5 Å². The molecule has 0 spiro atoms. The Morgan fingerprint density at radius 3 is 2.33 bits per heavy atom. The van der Waals surface area contributed by atoms with Crippen LogP contribution in [0.4, 0.5) is 5.69 Å². The first-order chi connectivity index (χ1) is 17.4. The van der Waals surface area contributed by atoms with Gasteiger partial charge in [0.15, 0.2) is 11.5 Å². The van der Waals surface area contributed by atoms with Crippen molar-refractivity contribution in [1.29, 1.82) is 0 Å². The van der Waals surface area contributed by atoms with Crippen LogP contribution in [-0.4, -0.2) is 37.7 Å². The molecule has 0 aliphatic heterocycles. The average Bonchev–Trinajstić information content (AvgIpc) is 2.89. The lowest BCUT2D eigenvalue weighted by atomic mass is 10.2. The second-order valence-electron chi connectivity index (χ2n) is 7.33. The maximum absolute atomic E-state index is 12.5. The number of carbonyl (C=O) groups is 3. The molecule has 0 atom stereocenters. The lowest BCUT2D eigenvalue weighted by Crippen LogP contribution is -2.32. The first kappa shape index (κ1) is 26.2. The number of methoxy groups -OCH3 is 1. The van der Waals surface area contributed by atoms with Gasteiger partial charge in [-0.1, -0.05) is 18.5 Å². The van der Waals surface area contributed by atoms with Crippen molar-refractivity contribution in [3.05, 3.63) is 82.9 Å². The summed E-state index contributed by atoms with van der Waals surface area (Å²) in [7, 11) is 1.43. The highest BCUT2D eigenvalue weighted by atomic mass is 35.5. The van der Waals surface area contributed by atoms with Gasteiger partial charge >= 0.3 is 17.8 Å². The lowest BCUT2D eigenvalue weighted by Gasteiger charge is -2.10.